The van der Waals surface area contributed by atoms with Gasteiger partial charge < -0.3 is 14.2 Å². The number of carbonyl (C=O) groups excluding carboxylic acids is 1. The maximum absolute atomic E-state index is 12.4. The molecule has 0 saturated carbocycles. The second-order valence-corrected chi connectivity index (χ2v) is 6.95. The average molecular weight is 487 g/mol. The van der Waals surface area contributed by atoms with Crippen molar-refractivity contribution in [1.29, 1.82) is 0 Å². The van der Waals surface area contributed by atoms with E-state index in [4.69, 9.17) is 9.47 Å². The van der Waals surface area contributed by atoms with Crippen LogP contribution in [-0.4, -0.2) is 33.5 Å². The lowest BCUT2D eigenvalue weighted by Gasteiger charge is -2.11. The zero-order valence-corrected chi connectivity index (χ0v) is 19.2. The lowest BCUT2D eigenvalue weighted by Crippen LogP contribution is -2.17. The zero-order valence-electron chi connectivity index (χ0n) is 19.2. The molecule has 35 heavy (non-hydrogen) atoms. The van der Waals surface area contributed by atoms with E-state index < -0.39 is 12.3 Å². The molecule has 184 valence electrons. The van der Waals surface area contributed by atoms with Crippen LogP contribution in [0.3, 0.4) is 0 Å². The largest absolute Gasteiger partial charge is 0.573 e. The number of esters is 1. The van der Waals surface area contributed by atoms with Crippen LogP contribution in [0.15, 0.2) is 72.9 Å². The van der Waals surface area contributed by atoms with Gasteiger partial charge in [0.2, 0.25) is 0 Å². The van der Waals surface area contributed by atoms with Gasteiger partial charge in [0.15, 0.2) is 12.3 Å². The van der Waals surface area contributed by atoms with E-state index in [0.29, 0.717) is 16.7 Å². The molecule has 0 unspecified atom stereocenters. The number of aromatic nitrogens is 3. The summed E-state index contributed by atoms with van der Waals surface area (Å²) in [4.78, 5) is 20.8. The maximum Gasteiger partial charge on any atom is 0.573 e. The van der Waals surface area contributed by atoms with E-state index in [0.717, 1.165) is 5.56 Å². The molecule has 2 heterocycles. The van der Waals surface area contributed by atoms with Gasteiger partial charge in [-0.2, -0.15) is 4.98 Å². The van der Waals surface area contributed by atoms with Crippen molar-refractivity contribution in [3.63, 3.8) is 0 Å². The van der Waals surface area contributed by atoms with Crippen molar-refractivity contribution in [2.75, 3.05) is 6.61 Å². The summed E-state index contributed by atoms with van der Waals surface area (Å²) in [5, 5.41) is 0. The minimum Gasteiger partial charge on any atom is -0.458 e. The Morgan fingerprint density at radius 2 is 1.66 bits per heavy atom. The predicted molar refractivity (Wildman–Crippen MR) is 123 cm³/mol. The molecule has 2 aromatic heterocycles. The van der Waals surface area contributed by atoms with Gasteiger partial charge in [-0.25, -0.2) is 9.78 Å². The van der Waals surface area contributed by atoms with Gasteiger partial charge >= 0.3 is 12.3 Å². The van der Waals surface area contributed by atoms with Crippen LogP contribution in [-0.2, 0) is 22.7 Å². The molecule has 0 radical (unpaired) electrons. The van der Waals surface area contributed by atoms with Gasteiger partial charge in [0.1, 0.15) is 17.9 Å². The second kappa shape index (κ2) is 11.9. The highest BCUT2D eigenvalue weighted by Crippen LogP contribution is 2.25. The molecule has 0 bridgehead atoms. The molecule has 10 heteroatoms. The molecule has 0 aliphatic heterocycles. The van der Waals surface area contributed by atoms with Crippen LogP contribution in [0.25, 0.3) is 11.2 Å². The van der Waals surface area contributed by atoms with Crippen molar-refractivity contribution in [3.05, 3.63) is 84.1 Å². The van der Waals surface area contributed by atoms with Crippen LogP contribution in [0.5, 0.6) is 11.8 Å². The van der Waals surface area contributed by atoms with Crippen LogP contribution in [0, 0.1) is 0 Å². The van der Waals surface area contributed by atoms with Crippen LogP contribution in [0.4, 0.5) is 13.2 Å². The third-order valence-corrected chi connectivity index (χ3v) is 4.53. The van der Waals surface area contributed by atoms with E-state index in [1.807, 2.05) is 44.2 Å². The van der Waals surface area contributed by atoms with Gasteiger partial charge in [0.05, 0.1) is 6.54 Å². The van der Waals surface area contributed by atoms with Crippen LogP contribution < -0.4 is 9.47 Å². The number of carbonyl (C=O) groups is 1. The third-order valence-electron chi connectivity index (χ3n) is 4.53. The third kappa shape index (κ3) is 7.46. The number of hydrogen-bond acceptors (Lipinski definition) is 6. The topological polar surface area (TPSA) is 75.5 Å². The number of halogens is 3. The highest BCUT2D eigenvalue weighted by molar-refractivity contribution is 5.73. The van der Waals surface area contributed by atoms with Gasteiger partial charge in [0.25, 0.3) is 6.01 Å². The van der Waals surface area contributed by atoms with E-state index in [9.17, 15) is 18.0 Å². The van der Waals surface area contributed by atoms with E-state index >= 15 is 0 Å². The summed E-state index contributed by atoms with van der Waals surface area (Å²) in [5.41, 5.74) is 2.55. The summed E-state index contributed by atoms with van der Waals surface area (Å²) >= 11 is 0. The van der Waals surface area contributed by atoms with Crippen LogP contribution in [0.2, 0.25) is 0 Å². The first kappa shape index (κ1) is 25.5. The van der Waals surface area contributed by atoms with Crippen molar-refractivity contribution >= 4 is 17.1 Å². The van der Waals surface area contributed by atoms with E-state index in [1.54, 1.807) is 22.9 Å². The smallest absolute Gasteiger partial charge is 0.458 e. The van der Waals surface area contributed by atoms with E-state index in [2.05, 4.69) is 14.7 Å². The number of imidazole rings is 1. The molecule has 0 spiro atoms. The molecule has 4 rings (SSSR count). The summed E-state index contributed by atoms with van der Waals surface area (Å²) in [6, 6.07) is 18.2. The van der Waals surface area contributed by atoms with Gasteiger partial charge in [-0.15, -0.1) is 13.2 Å². The summed E-state index contributed by atoms with van der Waals surface area (Å²) in [5.74, 6) is -0.892. The number of fused-ring (bicyclic) bond motifs is 1. The molecule has 0 aliphatic rings. The quantitative estimate of drug-likeness (QED) is 0.305. The van der Waals surface area contributed by atoms with E-state index in [-0.39, 0.29) is 31.5 Å². The monoisotopic (exact) mass is 487 g/mol. The number of ether oxygens (including phenoxy) is 3. The molecular weight excluding hydrogens is 463 g/mol. The number of nitrogens with zero attached hydrogens (tertiary/aromatic N) is 3. The van der Waals surface area contributed by atoms with Gasteiger partial charge in [-0.1, -0.05) is 56.3 Å². The van der Waals surface area contributed by atoms with Crippen LogP contribution >= 0.6 is 0 Å². The van der Waals surface area contributed by atoms with Crippen molar-refractivity contribution < 1.29 is 32.2 Å². The normalized spacial score (nSPS) is 10.9. The number of pyridine rings is 1. The molecule has 4 aromatic rings. The van der Waals surface area contributed by atoms with Gasteiger partial charge in [-0.05, 0) is 35.4 Å². The summed E-state index contributed by atoms with van der Waals surface area (Å²) < 4.78 is 53.5. The second-order valence-electron chi connectivity index (χ2n) is 6.95. The van der Waals surface area contributed by atoms with Crippen molar-refractivity contribution in [2.24, 2.45) is 0 Å². The average Bonchev–Trinajstić information content (AvgIpc) is 3.21. The summed E-state index contributed by atoms with van der Waals surface area (Å²) in [6.45, 7) is 3.95. The Balaban J connectivity index is 0.00000167. The highest BCUT2D eigenvalue weighted by Gasteiger charge is 2.31. The Morgan fingerprint density at radius 3 is 2.34 bits per heavy atom. The Bertz CT molecular complexity index is 1230. The minimum atomic E-state index is -4.76. The molecule has 2 aromatic carbocycles. The molecule has 0 N–H and O–H groups in total. The van der Waals surface area contributed by atoms with Gasteiger partial charge in [-0.3, -0.25) is 4.57 Å². The van der Waals surface area contributed by atoms with Crippen molar-refractivity contribution in [3.8, 4) is 11.8 Å². The Morgan fingerprint density at radius 1 is 0.943 bits per heavy atom. The summed E-state index contributed by atoms with van der Waals surface area (Å²) in [6.07, 6.45) is -3.18. The molecule has 0 saturated heterocycles. The standard InChI is InChI=1S/C23H18F3N3O4.C2H6/c24-23(25,26)33-18-10-8-16(9-11-18)13-29-21-19(7-4-12-27-21)28-22(29)32-15-20(30)31-14-17-5-2-1-3-6-17;1-2/h1-12H,13-15H2;1-2H3. The fraction of sp³-hybridized carbons (Fsp3) is 0.240. The molecule has 0 fully saturated rings. The Labute approximate surface area is 200 Å². The molecular formula is C25H24F3N3O4. The lowest BCUT2D eigenvalue weighted by atomic mass is 10.2. The molecule has 0 aliphatic carbocycles. The SMILES string of the molecule is CC.O=C(COc1nc2cccnc2n1Cc1ccc(OC(F)(F)F)cc1)OCc1ccccc1. The Kier molecular flexibility index (Phi) is 8.66. The number of alkyl halides is 3. The zero-order chi connectivity index (χ0) is 25.3. The van der Waals surface area contributed by atoms with Crippen molar-refractivity contribution in [2.45, 2.75) is 33.4 Å². The first-order valence-electron chi connectivity index (χ1n) is 10.9. The number of benzene rings is 2. The minimum absolute atomic E-state index is 0.118. The van der Waals surface area contributed by atoms with Crippen LogP contribution in [0.1, 0.15) is 25.0 Å². The number of hydrogen-bond donors (Lipinski definition) is 0. The number of rotatable bonds is 8. The first-order valence-corrected chi connectivity index (χ1v) is 10.9. The molecule has 0 amide bonds. The Hall–Kier alpha value is -4.08. The predicted octanol–water partition coefficient (Wildman–Crippen LogP) is 5.53. The molecule has 7 nitrogen and oxygen atoms in total. The molecule has 0 atom stereocenters. The fourth-order valence-corrected chi connectivity index (χ4v) is 3.07. The van der Waals surface area contributed by atoms with Gasteiger partial charge in [0, 0.05) is 6.20 Å². The highest BCUT2D eigenvalue weighted by atomic mass is 19.4. The first-order chi connectivity index (χ1) is 16.9. The maximum atomic E-state index is 12.4. The fourth-order valence-electron chi connectivity index (χ4n) is 3.07. The summed E-state index contributed by atoms with van der Waals surface area (Å²) in [7, 11) is 0. The lowest BCUT2D eigenvalue weighted by molar-refractivity contribution is -0.274. The van der Waals surface area contributed by atoms with E-state index in [1.165, 1.54) is 24.3 Å². The van der Waals surface area contributed by atoms with Crippen molar-refractivity contribution in [1.82, 2.24) is 14.5 Å².